The maximum Gasteiger partial charge on any atom is 0.138 e. The molecule has 0 radical (unpaired) electrons. The second-order valence-electron chi connectivity index (χ2n) is 7.24. The number of H-pyrrole nitrogens is 1. The summed E-state index contributed by atoms with van der Waals surface area (Å²) in [5, 5.41) is 0. The molecule has 0 bridgehead atoms. The normalized spacial score (nSPS) is 11.1. The Morgan fingerprint density at radius 1 is 0.857 bits per heavy atom. The highest BCUT2D eigenvalue weighted by Crippen LogP contribution is 2.32. The maximum absolute atomic E-state index is 13.4. The summed E-state index contributed by atoms with van der Waals surface area (Å²) >= 11 is 0. The molecule has 5 heteroatoms. The fourth-order valence-corrected chi connectivity index (χ4v) is 3.24. The average molecular weight is 372 g/mol. The Morgan fingerprint density at radius 3 is 2.14 bits per heavy atom. The standard InChI is InChI=1S/C23H21FN4/c1-15(2)11-16-3-5-18(6-4-16)23-27-21(17-7-9-20(24)10-8-17)22(28-23)19-12-25-14-26-13-19/h3-10,12-15H,11H2,1-2H3,(H,27,28). The van der Waals surface area contributed by atoms with Crippen LogP contribution in [0.15, 0.2) is 67.3 Å². The molecule has 4 nitrogen and oxygen atoms in total. The predicted octanol–water partition coefficient (Wildman–Crippen LogP) is 5.54. The van der Waals surface area contributed by atoms with Crippen molar-refractivity contribution in [2.75, 3.05) is 0 Å². The fraction of sp³-hybridized carbons (Fsp3) is 0.174. The van der Waals surface area contributed by atoms with Crippen LogP contribution in [0.3, 0.4) is 0 Å². The first kappa shape index (κ1) is 18.0. The number of imidazole rings is 1. The van der Waals surface area contributed by atoms with Crippen molar-refractivity contribution in [1.29, 1.82) is 0 Å². The number of rotatable bonds is 5. The fourth-order valence-electron chi connectivity index (χ4n) is 3.24. The van der Waals surface area contributed by atoms with Crippen LogP contribution in [0.2, 0.25) is 0 Å². The largest absolute Gasteiger partial charge is 0.337 e. The molecule has 2 aromatic heterocycles. The van der Waals surface area contributed by atoms with Crippen molar-refractivity contribution in [3.8, 4) is 33.9 Å². The zero-order valence-corrected chi connectivity index (χ0v) is 15.9. The summed E-state index contributed by atoms with van der Waals surface area (Å²) < 4.78 is 13.4. The Kier molecular flexibility index (Phi) is 4.98. The van der Waals surface area contributed by atoms with Crippen molar-refractivity contribution >= 4 is 0 Å². The predicted molar refractivity (Wildman–Crippen MR) is 109 cm³/mol. The number of nitrogens with zero attached hydrogens (tertiary/aromatic N) is 3. The van der Waals surface area contributed by atoms with Crippen molar-refractivity contribution in [3.63, 3.8) is 0 Å². The minimum absolute atomic E-state index is 0.270. The second kappa shape index (κ2) is 7.72. The number of aromatic nitrogens is 4. The topological polar surface area (TPSA) is 54.5 Å². The van der Waals surface area contributed by atoms with Crippen LogP contribution in [0.5, 0.6) is 0 Å². The second-order valence-corrected chi connectivity index (χ2v) is 7.24. The van der Waals surface area contributed by atoms with E-state index in [0.29, 0.717) is 5.92 Å². The van der Waals surface area contributed by atoms with Gasteiger partial charge in [-0.2, -0.15) is 0 Å². The Bertz CT molecular complexity index is 1050. The monoisotopic (exact) mass is 372 g/mol. The van der Waals surface area contributed by atoms with Gasteiger partial charge in [0.2, 0.25) is 0 Å². The first-order valence-corrected chi connectivity index (χ1v) is 9.31. The maximum atomic E-state index is 13.4. The van der Waals surface area contributed by atoms with Crippen molar-refractivity contribution in [3.05, 3.63) is 78.6 Å². The molecule has 0 aliphatic carbocycles. The molecule has 0 fully saturated rings. The summed E-state index contributed by atoms with van der Waals surface area (Å²) in [5.41, 5.74) is 5.53. The van der Waals surface area contributed by atoms with Gasteiger partial charge in [-0.25, -0.2) is 19.3 Å². The summed E-state index contributed by atoms with van der Waals surface area (Å²) in [4.78, 5) is 16.4. The van der Waals surface area contributed by atoms with E-state index < -0.39 is 0 Å². The minimum Gasteiger partial charge on any atom is -0.337 e. The van der Waals surface area contributed by atoms with Crippen LogP contribution in [0.25, 0.3) is 33.9 Å². The molecule has 4 rings (SSSR count). The van der Waals surface area contributed by atoms with Gasteiger partial charge in [-0.15, -0.1) is 0 Å². The lowest BCUT2D eigenvalue weighted by Gasteiger charge is -2.05. The van der Waals surface area contributed by atoms with E-state index in [2.05, 4.69) is 53.1 Å². The van der Waals surface area contributed by atoms with Gasteiger partial charge >= 0.3 is 0 Å². The molecule has 0 saturated heterocycles. The van der Waals surface area contributed by atoms with Gasteiger partial charge in [0.1, 0.15) is 18.0 Å². The summed E-state index contributed by atoms with van der Waals surface area (Å²) in [6.45, 7) is 4.42. The first-order valence-electron chi connectivity index (χ1n) is 9.31. The van der Waals surface area contributed by atoms with E-state index in [1.807, 2.05) is 0 Å². The van der Waals surface area contributed by atoms with Gasteiger partial charge in [0.15, 0.2) is 0 Å². The quantitative estimate of drug-likeness (QED) is 0.500. The molecular weight excluding hydrogens is 351 g/mol. The lowest BCUT2D eigenvalue weighted by atomic mass is 10.0. The number of aromatic amines is 1. The van der Waals surface area contributed by atoms with Gasteiger partial charge in [0, 0.05) is 29.1 Å². The molecule has 0 saturated carbocycles. The molecule has 4 aromatic rings. The molecule has 140 valence electrons. The lowest BCUT2D eigenvalue weighted by Crippen LogP contribution is -1.93. The van der Waals surface area contributed by atoms with Crippen LogP contribution in [0.1, 0.15) is 19.4 Å². The third-order valence-corrected chi connectivity index (χ3v) is 4.54. The Hall–Kier alpha value is -3.34. The number of benzene rings is 2. The third-order valence-electron chi connectivity index (χ3n) is 4.54. The number of hydrogen-bond donors (Lipinski definition) is 1. The highest BCUT2D eigenvalue weighted by molar-refractivity contribution is 5.80. The first-order chi connectivity index (χ1) is 13.6. The van der Waals surface area contributed by atoms with E-state index in [9.17, 15) is 4.39 Å². The smallest absolute Gasteiger partial charge is 0.138 e. The highest BCUT2D eigenvalue weighted by atomic mass is 19.1. The van der Waals surface area contributed by atoms with Crippen LogP contribution in [0, 0.1) is 11.7 Å². The zero-order chi connectivity index (χ0) is 19.5. The SMILES string of the molecule is CC(C)Cc1ccc(-c2nc(-c3cncnc3)c(-c3ccc(F)cc3)[nH]2)cc1. The van der Waals surface area contributed by atoms with E-state index in [-0.39, 0.29) is 5.82 Å². The molecule has 0 spiro atoms. The number of hydrogen-bond acceptors (Lipinski definition) is 3. The van der Waals surface area contributed by atoms with E-state index in [4.69, 9.17) is 4.98 Å². The molecule has 1 N–H and O–H groups in total. The van der Waals surface area contributed by atoms with E-state index >= 15 is 0 Å². The van der Waals surface area contributed by atoms with Crippen molar-refractivity contribution in [1.82, 2.24) is 19.9 Å². The average Bonchev–Trinajstić information content (AvgIpc) is 3.15. The van der Waals surface area contributed by atoms with Gasteiger partial charge in [0.25, 0.3) is 0 Å². The van der Waals surface area contributed by atoms with Crippen molar-refractivity contribution in [2.24, 2.45) is 5.92 Å². The Labute approximate surface area is 163 Å². The number of halogens is 1. The van der Waals surface area contributed by atoms with E-state index in [1.165, 1.54) is 24.0 Å². The zero-order valence-electron chi connectivity index (χ0n) is 15.9. The van der Waals surface area contributed by atoms with Crippen LogP contribution < -0.4 is 0 Å². The van der Waals surface area contributed by atoms with Gasteiger partial charge in [0.05, 0.1) is 11.4 Å². The van der Waals surface area contributed by atoms with E-state index in [1.54, 1.807) is 24.5 Å². The van der Waals surface area contributed by atoms with Crippen molar-refractivity contribution in [2.45, 2.75) is 20.3 Å². The Morgan fingerprint density at radius 2 is 1.50 bits per heavy atom. The summed E-state index contributed by atoms with van der Waals surface area (Å²) in [7, 11) is 0. The van der Waals surface area contributed by atoms with Gasteiger partial charge in [-0.3, -0.25) is 0 Å². The molecule has 28 heavy (non-hydrogen) atoms. The Balaban J connectivity index is 1.78. The van der Waals surface area contributed by atoms with E-state index in [0.717, 1.165) is 40.3 Å². The molecule has 0 unspecified atom stereocenters. The molecule has 0 aliphatic rings. The minimum atomic E-state index is -0.270. The number of nitrogens with one attached hydrogen (secondary N) is 1. The van der Waals surface area contributed by atoms with Crippen molar-refractivity contribution < 1.29 is 4.39 Å². The summed E-state index contributed by atoms with van der Waals surface area (Å²) in [6, 6.07) is 14.8. The highest BCUT2D eigenvalue weighted by Gasteiger charge is 2.16. The molecule has 0 aliphatic heterocycles. The van der Waals surface area contributed by atoms with Crippen LogP contribution >= 0.6 is 0 Å². The van der Waals surface area contributed by atoms with Gasteiger partial charge < -0.3 is 4.98 Å². The third kappa shape index (κ3) is 3.83. The molecule has 0 amide bonds. The lowest BCUT2D eigenvalue weighted by molar-refractivity contribution is 0.628. The molecular formula is C23H21FN4. The summed E-state index contributed by atoms with van der Waals surface area (Å²) in [5.74, 6) is 1.10. The molecule has 2 aromatic carbocycles. The van der Waals surface area contributed by atoms with Crippen LogP contribution in [-0.2, 0) is 6.42 Å². The van der Waals surface area contributed by atoms with Gasteiger partial charge in [-0.05, 0) is 42.2 Å². The van der Waals surface area contributed by atoms with Crippen LogP contribution in [-0.4, -0.2) is 19.9 Å². The summed E-state index contributed by atoms with van der Waals surface area (Å²) in [6.07, 6.45) is 5.99. The van der Waals surface area contributed by atoms with Crippen LogP contribution in [0.4, 0.5) is 4.39 Å². The molecule has 0 atom stereocenters. The van der Waals surface area contributed by atoms with Gasteiger partial charge in [-0.1, -0.05) is 38.1 Å². The molecule has 2 heterocycles.